The van der Waals surface area contributed by atoms with Gasteiger partial charge in [0.25, 0.3) is 0 Å². The Hall–Kier alpha value is -0.840. The zero-order chi connectivity index (χ0) is 19.6. The second-order valence-electron chi connectivity index (χ2n) is 5.16. The van der Waals surface area contributed by atoms with Gasteiger partial charge in [-0.1, -0.05) is 26.2 Å². The maximum absolute atomic E-state index is 13.2. The van der Waals surface area contributed by atoms with Crippen LogP contribution in [0.3, 0.4) is 0 Å². The zero-order valence-electron chi connectivity index (χ0n) is 12.1. The van der Waals surface area contributed by atoms with E-state index in [0.29, 0.717) is 6.42 Å². The van der Waals surface area contributed by atoms with E-state index < -0.39 is 48.9 Å². The number of rotatable bonds is 10. The highest BCUT2D eigenvalue weighted by Crippen LogP contribution is 2.58. The second-order valence-corrected chi connectivity index (χ2v) is 5.16. The molecule has 0 spiro atoms. The van der Waals surface area contributed by atoms with Crippen molar-refractivity contribution in [2.75, 3.05) is 0 Å². The van der Waals surface area contributed by atoms with E-state index in [0.717, 1.165) is 0 Å². The van der Waals surface area contributed by atoms with Crippen LogP contribution in [-0.4, -0.2) is 36.0 Å². The lowest BCUT2D eigenvalue weighted by Crippen LogP contribution is -2.68. The number of hydrogen-bond acceptors (Lipinski definition) is 0. The Labute approximate surface area is 129 Å². The Balaban J connectivity index is 5.64. The molecule has 0 atom stereocenters. The van der Waals surface area contributed by atoms with Crippen molar-refractivity contribution < 1.29 is 52.7 Å². The summed E-state index contributed by atoms with van der Waals surface area (Å²) in [6.45, 7) is 1.59. The van der Waals surface area contributed by atoms with Gasteiger partial charge in [0.2, 0.25) is 0 Å². The minimum Gasteiger partial charge on any atom is -0.203 e. The molecule has 24 heavy (non-hydrogen) atoms. The molecule has 0 aromatic heterocycles. The van der Waals surface area contributed by atoms with Crippen molar-refractivity contribution in [1.29, 1.82) is 0 Å². The molecule has 0 nitrogen and oxygen atoms in total. The summed E-state index contributed by atoms with van der Waals surface area (Å²) in [6, 6.07) is 0. The highest BCUT2D eigenvalue weighted by Gasteiger charge is 2.87. The van der Waals surface area contributed by atoms with E-state index in [2.05, 4.69) is 0 Å². The van der Waals surface area contributed by atoms with Crippen LogP contribution in [0, 0.1) is 0 Å². The van der Waals surface area contributed by atoms with Gasteiger partial charge in [-0.05, 0) is 6.42 Å². The van der Waals surface area contributed by atoms with E-state index in [4.69, 9.17) is 0 Å². The zero-order valence-corrected chi connectivity index (χ0v) is 12.1. The standard InChI is InChI=1S/C12H14F12/c1-2-3-4-5-6-8(15,16)10(19,20)12(23,24)11(21,22)9(17,18)7(13)14/h7H,2-6H2,1H3. The molecule has 0 N–H and O–H groups in total. The number of hydrogen-bond donors (Lipinski definition) is 0. The molecule has 146 valence electrons. The van der Waals surface area contributed by atoms with E-state index >= 15 is 0 Å². The third kappa shape index (κ3) is 3.71. The van der Waals surface area contributed by atoms with E-state index in [9.17, 15) is 52.7 Å². The second kappa shape index (κ2) is 7.19. The van der Waals surface area contributed by atoms with Crippen molar-refractivity contribution >= 4 is 0 Å². The lowest BCUT2D eigenvalue weighted by Gasteiger charge is -2.39. The summed E-state index contributed by atoms with van der Waals surface area (Å²) in [6.07, 6.45) is -7.67. The summed E-state index contributed by atoms with van der Waals surface area (Å²) < 4.78 is 154. The van der Waals surface area contributed by atoms with Crippen molar-refractivity contribution in [3.05, 3.63) is 0 Å². The summed E-state index contributed by atoms with van der Waals surface area (Å²) in [5.41, 5.74) is 0. The quantitative estimate of drug-likeness (QED) is 0.301. The van der Waals surface area contributed by atoms with Crippen LogP contribution in [-0.2, 0) is 0 Å². The predicted molar refractivity (Wildman–Crippen MR) is 59.5 cm³/mol. The molecule has 0 amide bonds. The van der Waals surface area contributed by atoms with Gasteiger partial charge in [0, 0.05) is 6.42 Å². The van der Waals surface area contributed by atoms with Gasteiger partial charge < -0.3 is 0 Å². The largest absolute Gasteiger partial charge is 0.384 e. The average molecular weight is 386 g/mol. The van der Waals surface area contributed by atoms with Gasteiger partial charge >= 0.3 is 36.0 Å². The van der Waals surface area contributed by atoms with E-state index in [1.54, 1.807) is 6.92 Å². The molecule has 0 bridgehead atoms. The highest BCUT2D eigenvalue weighted by atomic mass is 19.4. The van der Waals surface area contributed by atoms with Crippen molar-refractivity contribution in [3.8, 4) is 0 Å². The Kier molecular flexibility index (Phi) is 6.93. The normalized spacial score (nSPS) is 15.2. The summed E-state index contributed by atoms with van der Waals surface area (Å²) >= 11 is 0. The van der Waals surface area contributed by atoms with Crippen molar-refractivity contribution in [2.24, 2.45) is 0 Å². The molecule has 0 aliphatic rings. The van der Waals surface area contributed by atoms with Gasteiger partial charge in [-0.15, -0.1) is 0 Å². The SMILES string of the molecule is CCCCCCC(F)(F)C(F)(F)C(F)(F)C(F)(F)C(F)(F)C(F)F. The van der Waals surface area contributed by atoms with Crippen LogP contribution in [0.2, 0.25) is 0 Å². The maximum Gasteiger partial charge on any atom is 0.384 e. The Morgan fingerprint density at radius 1 is 0.625 bits per heavy atom. The van der Waals surface area contributed by atoms with E-state index in [-0.39, 0.29) is 12.8 Å². The van der Waals surface area contributed by atoms with Crippen LogP contribution in [0.15, 0.2) is 0 Å². The maximum atomic E-state index is 13.2. The number of halogens is 12. The predicted octanol–water partition coefficient (Wildman–Crippen LogP) is 6.40. The van der Waals surface area contributed by atoms with Gasteiger partial charge in [-0.2, -0.15) is 43.9 Å². The minimum atomic E-state index is -7.41. The first kappa shape index (κ1) is 23.2. The third-order valence-electron chi connectivity index (χ3n) is 3.29. The first-order valence-electron chi connectivity index (χ1n) is 6.68. The Morgan fingerprint density at radius 2 is 1.08 bits per heavy atom. The Morgan fingerprint density at radius 3 is 1.46 bits per heavy atom. The van der Waals surface area contributed by atoms with Gasteiger partial charge in [0.05, 0.1) is 0 Å². The van der Waals surface area contributed by atoms with Crippen LogP contribution in [0.25, 0.3) is 0 Å². The third-order valence-corrected chi connectivity index (χ3v) is 3.29. The van der Waals surface area contributed by atoms with Crippen molar-refractivity contribution in [1.82, 2.24) is 0 Å². The topological polar surface area (TPSA) is 0 Å². The molecule has 0 rings (SSSR count). The van der Waals surface area contributed by atoms with Crippen LogP contribution in [0.4, 0.5) is 52.7 Å². The van der Waals surface area contributed by atoms with Gasteiger partial charge in [0.1, 0.15) is 0 Å². The molecular weight excluding hydrogens is 372 g/mol. The molecule has 0 radical (unpaired) electrons. The van der Waals surface area contributed by atoms with Gasteiger partial charge in [0.15, 0.2) is 0 Å². The molecule has 0 aromatic carbocycles. The van der Waals surface area contributed by atoms with Crippen molar-refractivity contribution in [2.45, 2.75) is 75.1 Å². The number of unbranched alkanes of at least 4 members (excludes halogenated alkanes) is 3. The minimum absolute atomic E-state index is 0.128. The molecule has 0 aromatic rings. The molecule has 0 fully saturated rings. The summed E-state index contributed by atoms with van der Waals surface area (Å²) in [5.74, 6) is -34.5. The highest BCUT2D eigenvalue weighted by molar-refractivity contribution is 5.08. The fourth-order valence-corrected chi connectivity index (χ4v) is 1.70. The fraction of sp³-hybridized carbons (Fsp3) is 1.00. The molecule has 0 aliphatic carbocycles. The fourth-order valence-electron chi connectivity index (χ4n) is 1.70. The lowest BCUT2D eigenvalue weighted by molar-refractivity contribution is -0.413. The first-order valence-corrected chi connectivity index (χ1v) is 6.68. The van der Waals surface area contributed by atoms with Gasteiger partial charge in [-0.25, -0.2) is 8.78 Å². The van der Waals surface area contributed by atoms with Crippen LogP contribution < -0.4 is 0 Å². The van der Waals surface area contributed by atoms with Gasteiger partial charge in [-0.3, -0.25) is 0 Å². The number of alkyl halides is 12. The molecule has 0 unspecified atom stereocenters. The molecule has 0 heterocycles. The molecule has 12 heteroatoms. The van der Waals surface area contributed by atoms with E-state index in [1.807, 2.05) is 0 Å². The van der Waals surface area contributed by atoms with Crippen LogP contribution in [0.1, 0.15) is 39.0 Å². The molecule has 0 saturated heterocycles. The van der Waals surface area contributed by atoms with Crippen molar-refractivity contribution in [3.63, 3.8) is 0 Å². The van der Waals surface area contributed by atoms with E-state index in [1.165, 1.54) is 0 Å². The first-order chi connectivity index (χ1) is 10.5. The lowest BCUT2D eigenvalue weighted by atomic mass is 9.92. The summed E-state index contributed by atoms with van der Waals surface area (Å²) in [7, 11) is 0. The Bertz CT molecular complexity index is 401. The van der Waals surface area contributed by atoms with Crippen LogP contribution in [0.5, 0.6) is 0 Å². The van der Waals surface area contributed by atoms with Crippen LogP contribution >= 0.6 is 0 Å². The molecular formula is C12H14F12. The molecule has 0 saturated carbocycles. The average Bonchev–Trinajstić information content (AvgIpc) is 2.42. The smallest absolute Gasteiger partial charge is 0.203 e. The molecule has 0 aliphatic heterocycles. The monoisotopic (exact) mass is 386 g/mol. The summed E-state index contributed by atoms with van der Waals surface area (Å²) in [5, 5.41) is 0. The summed E-state index contributed by atoms with van der Waals surface area (Å²) in [4.78, 5) is 0.